The van der Waals surface area contributed by atoms with Crippen LogP contribution in [0.4, 0.5) is 28.9 Å². The molecule has 1 aliphatic heterocycles. The maximum Gasteiger partial charge on any atom is 0.471 e. The van der Waals surface area contributed by atoms with Crippen LogP contribution in [-0.4, -0.2) is 34.6 Å². The molecule has 11 heteroatoms. The fourth-order valence-corrected chi connectivity index (χ4v) is 4.71. The molecule has 0 spiro atoms. The number of amides is 2. The molecule has 5 nitrogen and oxygen atoms in total. The van der Waals surface area contributed by atoms with Gasteiger partial charge in [-0.05, 0) is 36.8 Å². The molecule has 1 fully saturated rings. The standard InChI is InChI=1S/C23H23Cl2F4N3O2/c1-21(2,3)18-31(14-9-15(24)17(26)16(25)10-14)19(33)22(4,32(18)20(34)23(27,28)29)11-12-5-7-13(30)8-6-12/h5-10,18H,11,30H2,1-4H3/t18-,22-/m1/s1. The van der Waals surface area contributed by atoms with Gasteiger partial charge in [-0.2, -0.15) is 13.2 Å². The van der Waals surface area contributed by atoms with Crippen molar-refractivity contribution in [3.05, 3.63) is 57.8 Å². The van der Waals surface area contributed by atoms with Crippen molar-refractivity contribution in [3.8, 4) is 0 Å². The minimum Gasteiger partial charge on any atom is -0.399 e. The van der Waals surface area contributed by atoms with E-state index in [1.165, 1.54) is 6.92 Å². The molecule has 2 aromatic rings. The van der Waals surface area contributed by atoms with Crippen molar-refractivity contribution >= 4 is 46.4 Å². The average Bonchev–Trinajstić information content (AvgIpc) is 2.94. The third kappa shape index (κ3) is 4.55. The molecule has 0 bridgehead atoms. The number of rotatable bonds is 3. The van der Waals surface area contributed by atoms with Crippen LogP contribution in [0.3, 0.4) is 0 Å². The quantitative estimate of drug-likeness (QED) is 0.315. The second-order valence-corrected chi connectivity index (χ2v) is 10.3. The van der Waals surface area contributed by atoms with E-state index in [9.17, 15) is 27.2 Å². The molecule has 1 saturated heterocycles. The number of halogens is 6. The normalized spacial score (nSPS) is 21.4. The Labute approximate surface area is 204 Å². The summed E-state index contributed by atoms with van der Waals surface area (Å²) in [6.45, 7) is 6.06. The van der Waals surface area contributed by atoms with E-state index in [4.69, 9.17) is 28.9 Å². The Kier molecular flexibility index (Phi) is 6.60. The minimum absolute atomic E-state index is 0.0256. The number of alkyl halides is 3. The van der Waals surface area contributed by atoms with Crippen LogP contribution in [0.25, 0.3) is 0 Å². The van der Waals surface area contributed by atoms with Gasteiger partial charge in [-0.1, -0.05) is 56.1 Å². The predicted octanol–water partition coefficient (Wildman–Crippen LogP) is 5.83. The van der Waals surface area contributed by atoms with Crippen LogP contribution in [0.15, 0.2) is 36.4 Å². The van der Waals surface area contributed by atoms with Crippen LogP contribution >= 0.6 is 23.2 Å². The number of anilines is 2. The molecule has 184 valence electrons. The summed E-state index contributed by atoms with van der Waals surface area (Å²) in [5, 5.41) is -0.826. The highest BCUT2D eigenvalue weighted by Gasteiger charge is 2.64. The van der Waals surface area contributed by atoms with Gasteiger partial charge in [0.2, 0.25) is 0 Å². The van der Waals surface area contributed by atoms with Crippen molar-refractivity contribution in [2.75, 3.05) is 10.6 Å². The monoisotopic (exact) mass is 519 g/mol. The topological polar surface area (TPSA) is 66.6 Å². The second kappa shape index (κ2) is 8.61. The summed E-state index contributed by atoms with van der Waals surface area (Å²) in [4.78, 5) is 28.3. The number of hydrogen-bond acceptors (Lipinski definition) is 3. The van der Waals surface area contributed by atoms with Crippen molar-refractivity contribution in [1.29, 1.82) is 0 Å². The van der Waals surface area contributed by atoms with Crippen LogP contribution in [-0.2, 0) is 16.0 Å². The molecule has 34 heavy (non-hydrogen) atoms. The van der Waals surface area contributed by atoms with Crippen LogP contribution in [0.2, 0.25) is 10.0 Å². The summed E-state index contributed by atoms with van der Waals surface area (Å²) in [6, 6.07) is 8.45. The lowest BCUT2D eigenvalue weighted by Gasteiger charge is -2.42. The lowest BCUT2D eigenvalue weighted by atomic mass is 9.87. The van der Waals surface area contributed by atoms with Gasteiger partial charge in [0.25, 0.3) is 5.91 Å². The number of nitrogens with zero attached hydrogens (tertiary/aromatic N) is 2. The van der Waals surface area contributed by atoms with Gasteiger partial charge in [-0.25, -0.2) is 4.39 Å². The first-order valence-corrected chi connectivity index (χ1v) is 11.0. The molecule has 0 radical (unpaired) electrons. The zero-order valence-corrected chi connectivity index (χ0v) is 20.3. The highest BCUT2D eigenvalue weighted by molar-refractivity contribution is 6.35. The van der Waals surface area contributed by atoms with E-state index in [1.54, 1.807) is 45.0 Å². The smallest absolute Gasteiger partial charge is 0.399 e. The predicted molar refractivity (Wildman–Crippen MR) is 123 cm³/mol. The van der Waals surface area contributed by atoms with Crippen molar-refractivity contribution in [2.24, 2.45) is 5.41 Å². The summed E-state index contributed by atoms with van der Waals surface area (Å²) < 4.78 is 55.5. The maximum absolute atomic E-state index is 14.1. The molecule has 0 unspecified atom stereocenters. The SMILES string of the molecule is CC(C)(C)[C@@H]1N(c2cc(Cl)c(F)c(Cl)c2)C(=O)[C@@](C)(Cc2ccc(N)cc2)N1C(=O)C(F)(F)F. The highest BCUT2D eigenvalue weighted by Crippen LogP contribution is 2.46. The van der Waals surface area contributed by atoms with Gasteiger partial charge in [0, 0.05) is 23.2 Å². The fraction of sp³-hybridized carbons (Fsp3) is 0.391. The summed E-state index contributed by atoms with van der Waals surface area (Å²) in [5.41, 5.74) is 3.61. The maximum atomic E-state index is 14.1. The molecule has 2 aromatic carbocycles. The molecular formula is C23H23Cl2F4N3O2. The van der Waals surface area contributed by atoms with E-state index < -0.39 is 51.0 Å². The number of nitrogens with two attached hydrogens (primary N) is 1. The zero-order chi connectivity index (χ0) is 25.8. The average molecular weight is 520 g/mol. The van der Waals surface area contributed by atoms with E-state index in [0.717, 1.165) is 17.0 Å². The third-order valence-corrected chi connectivity index (χ3v) is 6.26. The Balaban J connectivity index is 2.27. The second-order valence-electron chi connectivity index (χ2n) is 9.50. The van der Waals surface area contributed by atoms with E-state index in [0.29, 0.717) is 16.2 Å². The lowest BCUT2D eigenvalue weighted by Crippen LogP contribution is -2.59. The van der Waals surface area contributed by atoms with Crippen molar-refractivity contribution in [2.45, 2.75) is 52.0 Å². The molecule has 3 rings (SSSR count). The van der Waals surface area contributed by atoms with Gasteiger partial charge < -0.3 is 5.73 Å². The van der Waals surface area contributed by atoms with E-state index >= 15 is 0 Å². The first-order valence-electron chi connectivity index (χ1n) is 10.2. The molecule has 0 aromatic heterocycles. The first kappa shape index (κ1) is 26.1. The largest absolute Gasteiger partial charge is 0.471 e. The molecule has 2 N–H and O–H groups in total. The van der Waals surface area contributed by atoms with Crippen LogP contribution in [0.5, 0.6) is 0 Å². The van der Waals surface area contributed by atoms with Gasteiger partial charge in [0.05, 0.1) is 10.0 Å². The molecule has 2 atom stereocenters. The number of hydrogen-bond donors (Lipinski definition) is 1. The zero-order valence-electron chi connectivity index (χ0n) is 18.8. The molecule has 1 heterocycles. The Bertz CT molecular complexity index is 1110. The van der Waals surface area contributed by atoms with Crippen molar-refractivity contribution in [3.63, 3.8) is 0 Å². The van der Waals surface area contributed by atoms with Gasteiger partial charge in [-0.3, -0.25) is 19.4 Å². The third-order valence-electron chi connectivity index (χ3n) is 5.71. The van der Waals surface area contributed by atoms with Crippen LogP contribution in [0, 0.1) is 11.2 Å². The fourth-order valence-electron chi connectivity index (χ4n) is 4.24. The number of carbonyl (C=O) groups is 2. The first-order chi connectivity index (χ1) is 15.5. The summed E-state index contributed by atoms with van der Waals surface area (Å²) in [6.07, 6.45) is -6.86. The number of carbonyl (C=O) groups excluding carboxylic acids is 2. The van der Waals surface area contributed by atoms with Crippen LogP contribution < -0.4 is 10.6 Å². The lowest BCUT2D eigenvalue weighted by molar-refractivity contribution is -0.194. The Hall–Kier alpha value is -2.52. The summed E-state index contributed by atoms with van der Waals surface area (Å²) in [7, 11) is 0. The molecule has 1 aliphatic rings. The Morgan fingerprint density at radius 1 is 1.09 bits per heavy atom. The van der Waals surface area contributed by atoms with E-state index in [1.807, 2.05) is 0 Å². The minimum atomic E-state index is -5.25. The van der Waals surface area contributed by atoms with E-state index in [2.05, 4.69) is 0 Å². The number of nitrogen functional groups attached to an aromatic ring is 1. The summed E-state index contributed by atoms with van der Waals surface area (Å²) >= 11 is 11.8. The molecule has 2 amide bonds. The molecule has 0 aliphatic carbocycles. The Morgan fingerprint density at radius 3 is 2.03 bits per heavy atom. The van der Waals surface area contributed by atoms with Gasteiger partial charge in [0.1, 0.15) is 11.7 Å². The molecular weight excluding hydrogens is 497 g/mol. The van der Waals surface area contributed by atoms with Gasteiger partial charge in [0.15, 0.2) is 5.82 Å². The summed E-state index contributed by atoms with van der Waals surface area (Å²) in [5.74, 6) is -3.89. The highest BCUT2D eigenvalue weighted by atomic mass is 35.5. The van der Waals surface area contributed by atoms with Crippen molar-refractivity contribution in [1.82, 2.24) is 4.90 Å². The van der Waals surface area contributed by atoms with Gasteiger partial charge >= 0.3 is 12.1 Å². The Morgan fingerprint density at radius 2 is 1.59 bits per heavy atom. The molecule has 0 saturated carbocycles. The number of benzene rings is 2. The van der Waals surface area contributed by atoms with E-state index in [-0.39, 0.29) is 12.1 Å². The van der Waals surface area contributed by atoms with Gasteiger partial charge in [-0.15, -0.1) is 0 Å². The van der Waals surface area contributed by atoms with Crippen molar-refractivity contribution < 1.29 is 27.2 Å². The van der Waals surface area contributed by atoms with Crippen LogP contribution in [0.1, 0.15) is 33.3 Å².